The number of nitrogens with zero attached hydrogens (tertiary/aromatic N) is 1. The van der Waals surface area contributed by atoms with Crippen LogP contribution >= 0.6 is 0 Å². The van der Waals surface area contributed by atoms with Crippen LogP contribution in [0.5, 0.6) is 11.5 Å². The molecule has 0 aliphatic heterocycles. The van der Waals surface area contributed by atoms with Gasteiger partial charge in [0, 0.05) is 11.1 Å². The quantitative estimate of drug-likeness (QED) is 0.406. The first-order valence-corrected chi connectivity index (χ1v) is 7.90. The molecule has 0 saturated carbocycles. The summed E-state index contributed by atoms with van der Waals surface area (Å²) in [5.41, 5.74) is 1.06. The van der Waals surface area contributed by atoms with E-state index in [1.54, 1.807) is 44.2 Å². The fraction of sp³-hybridized carbons (Fsp3) is 0.200. The molecular formula is C20H17F2NO3. The Labute approximate surface area is 150 Å². The van der Waals surface area contributed by atoms with Gasteiger partial charge in [-0.3, -0.25) is 4.79 Å². The maximum atomic E-state index is 12.8. The molecule has 0 N–H and O–H groups in total. The van der Waals surface area contributed by atoms with Gasteiger partial charge >= 0.3 is 6.61 Å². The summed E-state index contributed by atoms with van der Waals surface area (Å²) < 4.78 is 35.4. The number of nitriles is 1. The Kier molecular flexibility index (Phi) is 6.45. The predicted molar refractivity (Wildman–Crippen MR) is 93.3 cm³/mol. The van der Waals surface area contributed by atoms with Gasteiger partial charge in [-0.1, -0.05) is 36.4 Å². The highest BCUT2D eigenvalue weighted by Gasteiger charge is 2.18. The molecule has 0 atom stereocenters. The summed E-state index contributed by atoms with van der Waals surface area (Å²) in [5.74, 6) is -0.590. The van der Waals surface area contributed by atoms with Crippen LogP contribution in [0.4, 0.5) is 8.78 Å². The second-order valence-electron chi connectivity index (χ2n) is 5.30. The van der Waals surface area contributed by atoms with Crippen molar-refractivity contribution in [2.24, 2.45) is 0 Å². The zero-order valence-electron chi connectivity index (χ0n) is 14.3. The van der Waals surface area contributed by atoms with Crippen molar-refractivity contribution in [2.75, 3.05) is 6.61 Å². The van der Waals surface area contributed by atoms with Crippen LogP contribution in [-0.2, 0) is 0 Å². The molecule has 0 aliphatic carbocycles. The number of hydrogen-bond donors (Lipinski definition) is 0. The van der Waals surface area contributed by atoms with Crippen LogP contribution in [0.25, 0.3) is 6.08 Å². The molecule has 0 spiro atoms. The Morgan fingerprint density at radius 3 is 2.58 bits per heavy atom. The fourth-order valence-corrected chi connectivity index (χ4v) is 2.41. The lowest BCUT2D eigenvalue weighted by Gasteiger charge is -2.14. The number of carbonyl (C=O) groups excluding carboxylic acids is 1. The van der Waals surface area contributed by atoms with E-state index in [0.29, 0.717) is 11.1 Å². The molecule has 2 aromatic carbocycles. The monoisotopic (exact) mass is 357 g/mol. The van der Waals surface area contributed by atoms with Gasteiger partial charge in [0.2, 0.25) is 5.78 Å². The van der Waals surface area contributed by atoms with Gasteiger partial charge in [0.1, 0.15) is 11.6 Å². The Hall–Kier alpha value is -3.20. The number of para-hydroxylation sites is 1. The van der Waals surface area contributed by atoms with Gasteiger partial charge in [-0.2, -0.15) is 14.0 Å². The maximum Gasteiger partial charge on any atom is 0.387 e. The summed E-state index contributed by atoms with van der Waals surface area (Å²) in [6.07, 6.45) is 1.23. The normalized spacial score (nSPS) is 11.2. The van der Waals surface area contributed by atoms with Crippen molar-refractivity contribution in [3.63, 3.8) is 0 Å². The first kappa shape index (κ1) is 19.1. The van der Waals surface area contributed by atoms with Crippen LogP contribution in [0.2, 0.25) is 0 Å². The van der Waals surface area contributed by atoms with Crippen molar-refractivity contribution in [3.8, 4) is 17.6 Å². The molecule has 0 bridgehead atoms. The number of aryl methyl sites for hydroxylation is 1. The van der Waals surface area contributed by atoms with Gasteiger partial charge < -0.3 is 9.47 Å². The van der Waals surface area contributed by atoms with E-state index in [0.717, 1.165) is 0 Å². The van der Waals surface area contributed by atoms with Gasteiger partial charge in [-0.05, 0) is 31.6 Å². The summed E-state index contributed by atoms with van der Waals surface area (Å²) in [4.78, 5) is 12.6. The lowest BCUT2D eigenvalue weighted by molar-refractivity contribution is -0.0515. The van der Waals surface area contributed by atoms with E-state index in [1.807, 2.05) is 6.07 Å². The standard InChI is InChI=1S/C20H17F2NO3/c1-3-25-17-10-6-8-14(19(17)26-20(21)22)11-15(12-23)18(24)16-9-5-4-7-13(16)2/h4-11,20H,3H2,1-2H3/b15-11+. The summed E-state index contributed by atoms with van der Waals surface area (Å²) in [7, 11) is 0. The van der Waals surface area contributed by atoms with E-state index in [-0.39, 0.29) is 29.2 Å². The number of alkyl halides is 2. The first-order chi connectivity index (χ1) is 12.5. The van der Waals surface area contributed by atoms with Crippen molar-refractivity contribution < 1.29 is 23.0 Å². The molecule has 0 aliphatic rings. The Bertz CT molecular complexity index is 870. The second-order valence-corrected chi connectivity index (χ2v) is 5.30. The number of halogens is 2. The molecule has 0 radical (unpaired) electrons. The molecule has 0 fully saturated rings. The number of hydrogen-bond acceptors (Lipinski definition) is 4. The number of ether oxygens (including phenoxy) is 2. The van der Waals surface area contributed by atoms with Gasteiger partial charge in [-0.15, -0.1) is 0 Å². The largest absolute Gasteiger partial charge is 0.490 e. The number of carbonyl (C=O) groups is 1. The molecule has 6 heteroatoms. The average Bonchev–Trinajstić information content (AvgIpc) is 2.61. The molecular weight excluding hydrogens is 340 g/mol. The Balaban J connectivity index is 2.52. The molecule has 134 valence electrons. The van der Waals surface area contributed by atoms with Crippen molar-refractivity contribution in [2.45, 2.75) is 20.5 Å². The van der Waals surface area contributed by atoms with E-state index in [9.17, 15) is 18.8 Å². The molecule has 0 heterocycles. The highest BCUT2D eigenvalue weighted by molar-refractivity contribution is 6.14. The number of ketones is 1. The van der Waals surface area contributed by atoms with Crippen LogP contribution < -0.4 is 9.47 Å². The second kappa shape index (κ2) is 8.77. The zero-order valence-corrected chi connectivity index (χ0v) is 14.3. The summed E-state index contributed by atoms with van der Waals surface area (Å²) in [6, 6.07) is 13.2. The van der Waals surface area contributed by atoms with Gasteiger partial charge in [0.05, 0.1) is 6.61 Å². The molecule has 0 saturated heterocycles. The highest BCUT2D eigenvalue weighted by Crippen LogP contribution is 2.34. The van der Waals surface area contributed by atoms with Crippen molar-refractivity contribution >= 4 is 11.9 Å². The molecule has 0 aromatic heterocycles. The van der Waals surface area contributed by atoms with Gasteiger partial charge in [0.15, 0.2) is 11.5 Å². The molecule has 4 nitrogen and oxygen atoms in total. The first-order valence-electron chi connectivity index (χ1n) is 7.90. The summed E-state index contributed by atoms with van der Waals surface area (Å²) in [5, 5.41) is 9.40. The van der Waals surface area contributed by atoms with Crippen molar-refractivity contribution in [1.29, 1.82) is 5.26 Å². The fourth-order valence-electron chi connectivity index (χ4n) is 2.41. The Morgan fingerprint density at radius 2 is 1.96 bits per heavy atom. The van der Waals surface area contributed by atoms with E-state index < -0.39 is 12.4 Å². The number of allylic oxidation sites excluding steroid dienone is 1. The SMILES string of the molecule is CCOc1cccc(/C=C(\C#N)C(=O)c2ccccc2C)c1OC(F)F. The zero-order chi connectivity index (χ0) is 19.1. The summed E-state index contributed by atoms with van der Waals surface area (Å²) in [6.45, 7) is 0.641. The number of benzene rings is 2. The van der Waals surface area contributed by atoms with Crippen molar-refractivity contribution in [3.05, 3.63) is 64.7 Å². The topological polar surface area (TPSA) is 59.3 Å². The van der Waals surface area contributed by atoms with Crippen molar-refractivity contribution in [1.82, 2.24) is 0 Å². The van der Waals surface area contributed by atoms with E-state index >= 15 is 0 Å². The predicted octanol–water partition coefficient (Wildman–Crippen LogP) is 4.79. The lowest BCUT2D eigenvalue weighted by Crippen LogP contribution is -2.07. The Morgan fingerprint density at radius 1 is 1.23 bits per heavy atom. The molecule has 2 aromatic rings. The van der Waals surface area contributed by atoms with E-state index in [2.05, 4.69) is 4.74 Å². The third kappa shape index (κ3) is 4.45. The van der Waals surface area contributed by atoms with Crippen LogP contribution in [0.3, 0.4) is 0 Å². The minimum atomic E-state index is -3.07. The van der Waals surface area contributed by atoms with Gasteiger partial charge in [-0.25, -0.2) is 0 Å². The van der Waals surface area contributed by atoms with Crippen LogP contribution in [0, 0.1) is 18.3 Å². The molecule has 0 unspecified atom stereocenters. The third-order valence-electron chi connectivity index (χ3n) is 3.57. The third-order valence-corrected chi connectivity index (χ3v) is 3.57. The molecule has 0 amide bonds. The summed E-state index contributed by atoms with van der Waals surface area (Å²) >= 11 is 0. The van der Waals surface area contributed by atoms with Crippen LogP contribution in [0.1, 0.15) is 28.4 Å². The molecule has 26 heavy (non-hydrogen) atoms. The smallest absolute Gasteiger partial charge is 0.387 e. The molecule has 2 rings (SSSR count). The van der Waals surface area contributed by atoms with Crippen LogP contribution in [-0.4, -0.2) is 19.0 Å². The number of Topliss-reactive ketones (excluding diaryl/α,β-unsaturated/α-hetero) is 1. The minimum absolute atomic E-state index is 0.113. The maximum absolute atomic E-state index is 12.8. The number of rotatable bonds is 7. The van der Waals surface area contributed by atoms with Gasteiger partial charge in [0.25, 0.3) is 0 Å². The lowest BCUT2D eigenvalue weighted by atomic mass is 9.98. The van der Waals surface area contributed by atoms with Crippen LogP contribution in [0.15, 0.2) is 48.0 Å². The van der Waals surface area contributed by atoms with E-state index in [4.69, 9.17) is 4.74 Å². The van der Waals surface area contributed by atoms with E-state index in [1.165, 1.54) is 18.2 Å². The average molecular weight is 357 g/mol. The highest BCUT2D eigenvalue weighted by atomic mass is 19.3. The minimum Gasteiger partial charge on any atom is -0.490 e.